The highest BCUT2D eigenvalue weighted by molar-refractivity contribution is 5.93. The number of carbonyl (C=O) groups is 1. The number of anilines is 1. The summed E-state index contributed by atoms with van der Waals surface area (Å²) in [5, 5.41) is 5.02. The Bertz CT molecular complexity index is 595. The number of furan rings is 1. The predicted molar refractivity (Wildman–Crippen MR) is 70.5 cm³/mol. The number of carbonyl (C=O) groups excluding carboxylic acids is 1. The molecule has 0 bridgehead atoms. The largest absolute Gasteiger partial charge is 0.468 e. The van der Waals surface area contributed by atoms with Gasteiger partial charge in [-0.1, -0.05) is 12.1 Å². The van der Waals surface area contributed by atoms with Gasteiger partial charge >= 0.3 is 6.18 Å². The molecule has 2 N–H and O–H groups in total. The first kappa shape index (κ1) is 15.1. The zero-order valence-electron chi connectivity index (χ0n) is 10.9. The van der Waals surface area contributed by atoms with Crippen molar-refractivity contribution in [3.8, 4) is 0 Å². The van der Waals surface area contributed by atoms with E-state index in [0.717, 1.165) is 6.07 Å². The molecule has 1 amide bonds. The molecular formula is C14H13F3N2O2. The molecule has 0 saturated carbocycles. The number of hydrogen-bond donors (Lipinski definition) is 2. The Morgan fingerprint density at radius 2 is 1.90 bits per heavy atom. The molecule has 0 fully saturated rings. The van der Waals surface area contributed by atoms with Gasteiger partial charge in [-0.25, -0.2) is 0 Å². The summed E-state index contributed by atoms with van der Waals surface area (Å²) in [6.07, 6.45) is -3.01. The molecule has 21 heavy (non-hydrogen) atoms. The third-order valence-electron chi connectivity index (χ3n) is 2.67. The summed E-state index contributed by atoms with van der Waals surface area (Å²) in [6.45, 7) is 0.203. The van der Waals surface area contributed by atoms with Crippen molar-refractivity contribution in [2.24, 2.45) is 0 Å². The summed E-state index contributed by atoms with van der Waals surface area (Å²) in [4.78, 5) is 11.6. The molecule has 112 valence electrons. The van der Waals surface area contributed by atoms with Crippen LogP contribution in [-0.4, -0.2) is 12.5 Å². The van der Waals surface area contributed by atoms with E-state index in [1.807, 2.05) is 0 Å². The number of rotatable bonds is 5. The summed E-state index contributed by atoms with van der Waals surface area (Å²) >= 11 is 0. The number of benzene rings is 1. The van der Waals surface area contributed by atoms with E-state index in [2.05, 4.69) is 10.6 Å². The van der Waals surface area contributed by atoms with E-state index in [4.69, 9.17) is 4.42 Å². The minimum atomic E-state index is -4.51. The quantitative estimate of drug-likeness (QED) is 0.892. The van der Waals surface area contributed by atoms with Crippen molar-refractivity contribution in [1.29, 1.82) is 0 Å². The lowest BCUT2D eigenvalue weighted by Crippen LogP contribution is -2.28. The number of hydrogen-bond acceptors (Lipinski definition) is 3. The van der Waals surface area contributed by atoms with Gasteiger partial charge in [0, 0.05) is 0 Å². The summed E-state index contributed by atoms with van der Waals surface area (Å²) in [6, 6.07) is 8.27. The molecule has 1 heterocycles. The zero-order chi connectivity index (χ0) is 15.3. The second-order valence-corrected chi connectivity index (χ2v) is 4.27. The highest BCUT2D eigenvalue weighted by Crippen LogP contribution is 2.34. The van der Waals surface area contributed by atoms with Crippen LogP contribution in [0, 0.1) is 0 Å². The second kappa shape index (κ2) is 6.45. The van der Waals surface area contributed by atoms with Gasteiger partial charge in [0.05, 0.1) is 30.6 Å². The number of para-hydroxylation sites is 1. The summed E-state index contributed by atoms with van der Waals surface area (Å²) in [7, 11) is 0. The van der Waals surface area contributed by atoms with Crippen molar-refractivity contribution in [3.05, 3.63) is 54.0 Å². The molecule has 0 aliphatic carbocycles. The van der Waals surface area contributed by atoms with Gasteiger partial charge in [-0.3, -0.25) is 4.79 Å². The topological polar surface area (TPSA) is 54.3 Å². The minimum absolute atomic E-state index is 0.118. The maximum absolute atomic E-state index is 12.8. The average Bonchev–Trinajstić information content (AvgIpc) is 2.91. The van der Waals surface area contributed by atoms with Crippen molar-refractivity contribution in [3.63, 3.8) is 0 Å². The molecule has 0 radical (unpaired) electrons. The molecule has 0 aliphatic heterocycles. The van der Waals surface area contributed by atoms with Crippen LogP contribution < -0.4 is 10.6 Å². The Kier molecular flexibility index (Phi) is 4.64. The molecule has 1 aromatic carbocycles. The van der Waals surface area contributed by atoms with Crippen LogP contribution in [0.5, 0.6) is 0 Å². The highest BCUT2D eigenvalue weighted by atomic mass is 19.4. The Hall–Kier alpha value is -2.28. The number of nitrogens with one attached hydrogen (secondary N) is 2. The Morgan fingerprint density at radius 1 is 1.14 bits per heavy atom. The van der Waals surface area contributed by atoms with Crippen LogP contribution in [-0.2, 0) is 17.5 Å². The summed E-state index contributed by atoms with van der Waals surface area (Å²) < 4.78 is 43.3. The van der Waals surface area contributed by atoms with Crippen LogP contribution in [0.3, 0.4) is 0 Å². The summed E-state index contributed by atoms with van der Waals surface area (Å²) in [5.41, 5.74) is -1.13. The minimum Gasteiger partial charge on any atom is -0.468 e. The highest BCUT2D eigenvalue weighted by Gasteiger charge is 2.33. The van der Waals surface area contributed by atoms with Crippen LogP contribution >= 0.6 is 0 Å². The van der Waals surface area contributed by atoms with Crippen molar-refractivity contribution in [2.45, 2.75) is 12.7 Å². The molecule has 4 nitrogen and oxygen atoms in total. The van der Waals surface area contributed by atoms with Crippen molar-refractivity contribution in [1.82, 2.24) is 5.32 Å². The molecule has 0 saturated heterocycles. The van der Waals surface area contributed by atoms with Gasteiger partial charge in [0.2, 0.25) is 5.91 Å². The normalized spacial score (nSPS) is 11.4. The first-order valence-electron chi connectivity index (χ1n) is 6.16. The monoisotopic (exact) mass is 298 g/mol. The first-order valence-corrected chi connectivity index (χ1v) is 6.16. The van der Waals surface area contributed by atoms with E-state index in [1.165, 1.54) is 24.5 Å². The number of halogens is 3. The molecule has 2 aromatic rings. The lowest BCUT2D eigenvalue weighted by atomic mass is 10.1. The third-order valence-corrected chi connectivity index (χ3v) is 2.67. The fraction of sp³-hybridized carbons (Fsp3) is 0.214. The van der Waals surface area contributed by atoms with E-state index in [-0.39, 0.29) is 12.2 Å². The van der Waals surface area contributed by atoms with Crippen LogP contribution in [0.15, 0.2) is 47.1 Å². The van der Waals surface area contributed by atoms with E-state index in [1.54, 1.807) is 12.1 Å². The smallest absolute Gasteiger partial charge is 0.418 e. The molecule has 0 unspecified atom stereocenters. The molecule has 7 heteroatoms. The van der Waals surface area contributed by atoms with Crippen LogP contribution in [0.2, 0.25) is 0 Å². The average molecular weight is 298 g/mol. The maximum Gasteiger partial charge on any atom is 0.418 e. The first-order chi connectivity index (χ1) is 9.97. The molecule has 1 aromatic heterocycles. The van der Waals surface area contributed by atoms with Crippen molar-refractivity contribution < 1.29 is 22.4 Å². The van der Waals surface area contributed by atoms with E-state index < -0.39 is 17.6 Å². The van der Waals surface area contributed by atoms with Crippen LogP contribution in [0.1, 0.15) is 11.3 Å². The van der Waals surface area contributed by atoms with Gasteiger partial charge in [-0.05, 0) is 24.3 Å². The predicted octanol–water partition coefficient (Wildman–Crippen LogP) is 3.03. The van der Waals surface area contributed by atoms with Gasteiger partial charge in [0.1, 0.15) is 5.76 Å². The Labute approximate surface area is 119 Å². The molecular weight excluding hydrogens is 285 g/mol. The molecule has 0 aliphatic rings. The van der Waals surface area contributed by atoms with Crippen molar-refractivity contribution in [2.75, 3.05) is 11.9 Å². The zero-order valence-corrected chi connectivity index (χ0v) is 10.9. The SMILES string of the molecule is O=C(CNCc1ccco1)Nc1ccccc1C(F)(F)F. The lowest BCUT2D eigenvalue weighted by molar-refractivity contribution is -0.137. The van der Waals surface area contributed by atoms with Gasteiger partial charge in [-0.15, -0.1) is 0 Å². The molecule has 0 spiro atoms. The van der Waals surface area contributed by atoms with Gasteiger partial charge in [0.15, 0.2) is 0 Å². The maximum atomic E-state index is 12.8. The van der Waals surface area contributed by atoms with Gasteiger partial charge in [-0.2, -0.15) is 13.2 Å². The van der Waals surface area contributed by atoms with E-state index in [0.29, 0.717) is 12.3 Å². The van der Waals surface area contributed by atoms with Gasteiger partial charge in [0.25, 0.3) is 0 Å². The fourth-order valence-electron chi connectivity index (χ4n) is 1.75. The Balaban J connectivity index is 1.91. The van der Waals surface area contributed by atoms with E-state index in [9.17, 15) is 18.0 Å². The second-order valence-electron chi connectivity index (χ2n) is 4.27. The third kappa shape index (κ3) is 4.35. The summed E-state index contributed by atoms with van der Waals surface area (Å²) in [5.74, 6) is 0.0803. The Morgan fingerprint density at radius 3 is 2.57 bits per heavy atom. The van der Waals surface area contributed by atoms with Crippen LogP contribution in [0.4, 0.5) is 18.9 Å². The van der Waals surface area contributed by atoms with Crippen molar-refractivity contribution >= 4 is 11.6 Å². The molecule has 0 atom stereocenters. The molecule has 2 rings (SSSR count). The number of amides is 1. The van der Waals surface area contributed by atoms with E-state index >= 15 is 0 Å². The standard InChI is InChI=1S/C14H13F3N2O2/c15-14(16,17)11-5-1-2-6-12(11)19-13(20)9-18-8-10-4-3-7-21-10/h1-7,18H,8-9H2,(H,19,20). The lowest BCUT2D eigenvalue weighted by Gasteiger charge is -2.13. The fourth-order valence-corrected chi connectivity index (χ4v) is 1.75. The van der Waals surface area contributed by atoms with Crippen LogP contribution in [0.25, 0.3) is 0 Å². The van der Waals surface area contributed by atoms with Gasteiger partial charge < -0.3 is 15.1 Å². The number of alkyl halides is 3.